The summed E-state index contributed by atoms with van der Waals surface area (Å²) in [5.74, 6) is 1.60. The second-order valence-corrected chi connectivity index (χ2v) is 6.88. The molecule has 3 heteroatoms. The molecule has 0 radical (unpaired) electrons. The third-order valence-corrected chi connectivity index (χ3v) is 4.38. The Balaban J connectivity index is 2.01. The number of ether oxygens (including phenoxy) is 1. The SMILES string of the molecule is CC(C)CNCc1c(Cl)cccc1OC1CCCCCC1. The van der Waals surface area contributed by atoms with Crippen LogP contribution in [-0.4, -0.2) is 12.6 Å². The van der Waals surface area contributed by atoms with E-state index >= 15 is 0 Å². The highest BCUT2D eigenvalue weighted by molar-refractivity contribution is 6.31. The van der Waals surface area contributed by atoms with Gasteiger partial charge in [0.1, 0.15) is 5.75 Å². The maximum absolute atomic E-state index is 6.37. The molecule has 0 aromatic heterocycles. The van der Waals surface area contributed by atoms with Crippen LogP contribution in [0.15, 0.2) is 18.2 Å². The molecule has 0 unspecified atom stereocenters. The lowest BCUT2D eigenvalue weighted by molar-refractivity contribution is 0.181. The van der Waals surface area contributed by atoms with E-state index in [4.69, 9.17) is 16.3 Å². The van der Waals surface area contributed by atoms with Gasteiger partial charge in [-0.1, -0.05) is 44.4 Å². The van der Waals surface area contributed by atoms with Crippen LogP contribution in [0, 0.1) is 5.92 Å². The van der Waals surface area contributed by atoms with Gasteiger partial charge in [-0.15, -0.1) is 0 Å². The molecular formula is C18H28ClNO. The lowest BCUT2D eigenvalue weighted by atomic mass is 10.1. The Hall–Kier alpha value is -0.730. The van der Waals surface area contributed by atoms with E-state index in [9.17, 15) is 0 Å². The van der Waals surface area contributed by atoms with E-state index in [2.05, 4.69) is 25.2 Å². The second kappa shape index (κ2) is 8.65. The molecule has 1 saturated carbocycles. The molecule has 21 heavy (non-hydrogen) atoms. The summed E-state index contributed by atoms with van der Waals surface area (Å²) < 4.78 is 6.28. The largest absolute Gasteiger partial charge is 0.490 e. The normalized spacial score (nSPS) is 17.0. The molecule has 1 fully saturated rings. The van der Waals surface area contributed by atoms with E-state index in [1.165, 1.54) is 38.5 Å². The van der Waals surface area contributed by atoms with Crippen LogP contribution in [0.3, 0.4) is 0 Å². The van der Waals surface area contributed by atoms with Crippen molar-refractivity contribution in [2.24, 2.45) is 5.92 Å². The lowest BCUT2D eigenvalue weighted by Crippen LogP contribution is -2.21. The standard InChI is InChI=1S/C18H28ClNO/c1-14(2)12-20-13-16-17(19)10-7-11-18(16)21-15-8-5-3-4-6-9-15/h7,10-11,14-15,20H,3-6,8-9,12-13H2,1-2H3. The van der Waals surface area contributed by atoms with Gasteiger partial charge in [-0.2, -0.15) is 0 Å². The van der Waals surface area contributed by atoms with Gasteiger partial charge in [0.2, 0.25) is 0 Å². The number of nitrogens with one attached hydrogen (secondary N) is 1. The van der Waals surface area contributed by atoms with Gasteiger partial charge in [0.05, 0.1) is 6.10 Å². The highest BCUT2D eigenvalue weighted by Gasteiger charge is 2.16. The van der Waals surface area contributed by atoms with E-state index in [0.717, 1.165) is 29.4 Å². The minimum absolute atomic E-state index is 0.356. The van der Waals surface area contributed by atoms with Gasteiger partial charge in [-0.3, -0.25) is 0 Å². The monoisotopic (exact) mass is 309 g/mol. The van der Waals surface area contributed by atoms with Gasteiger partial charge >= 0.3 is 0 Å². The predicted octanol–water partition coefficient (Wildman–Crippen LogP) is 5.19. The van der Waals surface area contributed by atoms with Gasteiger partial charge in [-0.25, -0.2) is 0 Å². The van der Waals surface area contributed by atoms with Crippen molar-refractivity contribution < 1.29 is 4.74 Å². The molecule has 0 saturated heterocycles. The zero-order valence-electron chi connectivity index (χ0n) is 13.3. The molecule has 0 spiro atoms. The smallest absolute Gasteiger partial charge is 0.125 e. The molecule has 1 aromatic rings. The fourth-order valence-corrected chi connectivity index (χ4v) is 3.08. The summed E-state index contributed by atoms with van der Waals surface area (Å²) in [5.41, 5.74) is 1.10. The zero-order valence-corrected chi connectivity index (χ0v) is 14.1. The van der Waals surface area contributed by atoms with Crippen LogP contribution in [-0.2, 0) is 6.54 Å². The molecule has 0 amide bonds. The van der Waals surface area contributed by atoms with Crippen LogP contribution >= 0.6 is 11.6 Å². The first-order valence-electron chi connectivity index (χ1n) is 8.31. The Bertz CT molecular complexity index is 425. The average Bonchev–Trinajstić information content (AvgIpc) is 2.70. The highest BCUT2D eigenvalue weighted by atomic mass is 35.5. The Labute approximate surface area is 134 Å². The summed E-state index contributed by atoms with van der Waals surface area (Å²) in [6.45, 7) is 6.19. The average molecular weight is 310 g/mol. The van der Waals surface area contributed by atoms with Crippen LogP contribution in [0.1, 0.15) is 57.9 Å². The van der Waals surface area contributed by atoms with Crippen molar-refractivity contribution in [3.05, 3.63) is 28.8 Å². The second-order valence-electron chi connectivity index (χ2n) is 6.47. The Morgan fingerprint density at radius 1 is 1.19 bits per heavy atom. The molecule has 1 aliphatic carbocycles. The van der Waals surface area contributed by atoms with Crippen LogP contribution in [0.4, 0.5) is 0 Å². The van der Waals surface area contributed by atoms with Crippen molar-refractivity contribution in [1.29, 1.82) is 0 Å². The molecule has 1 aliphatic rings. The maximum Gasteiger partial charge on any atom is 0.125 e. The quantitative estimate of drug-likeness (QED) is 0.730. The first-order valence-corrected chi connectivity index (χ1v) is 8.69. The molecule has 0 aliphatic heterocycles. The predicted molar refractivity (Wildman–Crippen MR) is 90.1 cm³/mol. The minimum Gasteiger partial charge on any atom is -0.490 e. The van der Waals surface area contributed by atoms with Gasteiger partial charge < -0.3 is 10.1 Å². The Morgan fingerprint density at radius 3 is 2.57 bits per heavy atom. The molecule has 1 N–H and O–H groups in total. The molecule has 118 valence electrons. The van der Waals surface area contributed by atoms with Gasteiger partial charge in [0.25, 0.3) is 0 Å². The summed E-state index contributed by atoms with van der Waals surface area (Å²) in [5, 5.41) is 4.27. The highest BCUT2D eigenvalue weighted by Crippen LogP contribution is 2.30. The van der Waals surface area contributed by atoms with Crippen LogP contribution in [0.2, 0.25) is 5.02 Å². The maximum atomic E-state index is 6.37. The minimum atomic E-state index is 0.356. The summed E-state index contributed by atoms with van der Waals surface area (Å²) in [6, 6.07) is 6.00. The van der Waals surface area contributed by atoms with E-state index in [-0.39, 0.29) is 0 Å². The van der Waals surface area contributed by atoms with Crippen molar-refractivity contribution in [3.63, 3.8) is 0 Å². The summed E-state index contributed by atoms with van der Waals surface area (Å²) in [4.78, 5) is 0. The lowest BCUT2D eigenvalue weighted by Gasteiger charge is -2.20. The Morgan fingerprint density at radius 2 is 1.90 bits per heavy atom. The molecule has 0 heterocycles. The van der Waals surface area contributed by atoms with Gasteiger partial charge in [0.15, 0.2) is 0 Å². The van der Waals surface area contributed by atoms with Crippen molar-refractivity contribution in [3.8, 4) is 5.75 Å². The van der Waals surface area contributed by atoms with Crippen LogP contribution in [0.5, 0.6) is 5.75 Å². The molecule has 1 aromatic carbocycles. The first-order chi connectivity index (χ1) is 10.2. The number of benzene rings is 1. The van der Waals surface area contributed by atoms with Gasteiger partial charge in [0, 0.05) is 17.1 Å². The number of hydrogen-bond donors (Lipinski definition) is 1. The van der Waals surface area contributed by atoms with Crippen LogP contribution in [0.25, 0.3) is 0 Å². The number of hydrogen-bond acceptors (Lipinski definition) is 2. The topological polar surface area (TPSA) is 21.3 Å². The summed E-state index contributed by atoms with van der Waals surface area (Å²) >= 11 is 6.37. The summed E-state index contributed by atoms with van der Waals surface area (Å²) in [7, 11) is 0. The third kappa shape index (κ3) is 5.52. The fraction of sp³-hybridized carbons (Fsp3) is 0.667. The fourth-order valence-electron chi connectivity index (χ4n) is 2.85. The molecule has 0 bridgehead atoms. The molecular weight excluding hydrogens is 282 g/mol. The zero-order chi connectivity index (χ0) is 15.1. The molecule has 2 nitrogen and oxygen atoms in total. The van der Waals surface area contributed by atoms with Gasteiger partial charge in [-0.05, 0) is 50.3 Å². The van der Waals surface area contributed by atoms with Crippen LogP contribution < -0.4 is 10.1 Å². The van der Waals surface area contributed by atoms with Crippen molar-refractivity contribution >= 4 is 11.6 Å². The summed E-state index contributed by atoms with van der Waals surface area (Å²) in [6.07, 6.45) is 7.96. The number of halogens is 1. The van der Waals surface area contributed by atoms with Crippen molar-refractivity contribution in [2.75, 3.05) is 6.54 Å². The number of rotatable bonds is 6. The van der Waals surface area contributed by atoms with E-state index in [1.54, 1.807) is 0 Å². The van der Waals surface area contributed by atoms with Crippen molar-refractivity contribution in [2.45, 2.75) is 65.0 Å². The van der Waals surface area contributed by atoms with E-state index in [0.29, 0.717) is 12.0 Å². The first kappa shape index (κ1) is 16.6. The van der Waals surface area contributed by atoms with Crippen molar-refractivity contribution in [1.82, 2.24) is 5.32 Å². The Kier molecular flexibility index (Phi) is 6.85. The third-order valence-electron chi connectivity index (χ3n) is 4.03. The van der Waals surface area contributed by atoms with E-state index < -0.39 is 0 Å². The van der Waals surface area contributed by atoms with E-state index in [1.807, 2.05) is 12.1 Å². The molecule has 2 rings (SSSR count). The molecule has 0 atom stereocenters.